The third kappa shape index (κ3) is 2.67. The lowest BCUT2D eigenvalue weighted by Gasteiger charge is -1.77. The van der Waals surface area contributed by atoms with Crippen molar-refractivity contribution in [3.8, 4) is 12.1 Å². The number of nitrogens with zero attached hydrogens (tertiary/aromatic N) is 3. The van der Waals surface area contributed by atoms with Gasteiger partial charge in [-0.25, -0.2) is 4.99 Å². The molecule has 0 aromatic carbocycles. The number of hydrogen-bond donors (Lipinski definition) is 1. The number of rotatable bonds is 1. The van der Waals surface area contributed by atoms with Crippen molar-refractivity contribution in [2.45, 2.75) is 0 Å². The van der Waals surface area contributed by atoms with Gasteiger partial charge < -0.3 is 5.73 Å². The molecule has 0 radical (unpaired) electrons. The van der Waals surface area contributed by atoms with E-state index in [2.05, 4.69) is 4.99 Å². The predicted molar refractivity (Wildman–Crippen MR) is 27.7 cm³/mol. The van der Waals surface area contributed by atoms with Gasteiger partial charge in [0.2, 0.25) is 0 Å². The number of amidine groups is 1. The lowest BCUT2D eigenvalue weighted by atomic mass is 10.6. The zero-order valence-electron chi connectivity index (χ0n) is 4.13. The van der Waals surface area contributed by atoms with Crippen LogP contribution in [0, 0.1) is 22.7 Å². The van der Waals surface area contributed by atoms with Gasteiger partial charge in [0.05, 0.1) is 6.07 Å². The Morgan fingerprint density at radius 2 is 2.25 bits per heavy atom. The Balaban J connectivity index is 3.67. The number of hydrogen-bond acceptors (Lipinski definition) is 3. The third-order valence-electron chi connectivity index (χ3n) is 0.435. The zero-order valence-corrected chi connectivity index (χ0v) is 4.13. The average Bonchev–Trinajstić information content (AvgIpc) is 1.83. The first kappa shape index (κ1) is 6.45. The molecule has 2 N–H and O–H groups in total. The second kappa shape index (κ2) is 3.63. The number of nitrogens with two attached hydrogens (primary N) is 1. The second-order valence-corrected chi connectivity index (χ2v) is 0.971. The second-order valence-electron chi connectivity index (χ2n) is 0.971. The van der Waals surface area contributed by atoms with E-state index in [-0.39, 0.29) is 12.4 Å². The van der Waals surface area contributed by atoms with Gasteiger partial charge in [-0.15, -0.1) is 0 Å². The summed E-state index contributed by atoms with van der Waals surface area (Å²) in [6.07, 6.45) is 0. The molecule has 0 bridgehead atoms. The van der Waals surface area contributed by atoms with Crippen LogP contribution in [0.2, 0.25) is 0 Å². The Kier molecular flexibility index (Phi) is 2.93. The summed E-state index contributed by atoms with van der Waals surface area (Å²) in [5.41, 5.74) is 4.90. The summed E-state index contributed by atoms with van der Waals surface area (Å²) in [6, 6.07) is 3.29. The summed E-state index contributed by atoms with van der Waals surface area (Å²) in [7, 11) is 0. The standard InChI is InChI=1S/C4H4N4/c5-1-2-8-4(7)3-6/h2H2,(H2,7,8). The summed E-state index contributed by atoms with van der Waals surface area (Å²) in [5, 5.41) is 15.8. The molecular formula is C4H4N4. The van der Waals surface area contributed by atoms with Crippen LogP contribution >= 0.6 is 0 Å². The molecule has 0 saturated heterocycles. The Bertz CT molecular complexity index is 167. The van der Waals surface area contributed by atoms with Crippen molar-refractivity contribution >= 4 is 5.84 Å². The van der Waals surface area contributed by atoms with Crippen LogP contribution in [-0.4, -0.2) is 12.4 Å². The zero-order chi connectivity index (χ0) is 6.41. The molecule has 8 heavy (non-hydrogen) atoms. The lowest BCUT2D eigenvalue weighted by molar-refractivity contribution is 1.23. The van der Waals surface area contributed by atoms with Crippen LogP contribution in [0.15, 0.2) is 4.99 Å². The molecule has 0 fully saturated rings. The summed E-state index contributed by atoms with van der Waals surface area (Å²) in [4.78, 5) is 3.33. The molecule has 0 unspecified atom stereocenters. The molecule has 4 heteroatoms. The average molecular weight is 108 g/mol. The molecule has 0 aliphatic carbocycles. The Labute approximate surface area is 46.9 Å². The molecule has 40 valence electrons. The van der Waals surface area contributed by atoms with Crippen molar-refractivity contribution < 1.29 is 0 Å². The minimum absolute atomic E-state index is 0.0423. The van der Waals surface area contributed by atoms with E-state index in [0.717, 1.165) is 0 Å². The highest BCUT2D eigenvalue weighted by Crippen LogP contribution is 1.65. The maximum absolute atomic E-state index is 7.95. The van der Waals surface area contributed by atoms with Gasteiger partial charge in [-0.2, -0.15) is 10.5 Å². The fraction of sp³-hybridized carbons (Fsp3) is 0.250. The SMILES string of the molecule is N#CCN=C(N)C#N. The van der Waals surface area contributed by atoms with Crippen molar-refractivity contribution in [2.75, 3.05) is 6.54 Å². The van der Waals surface area contributed by atoms with Crippen LogP contribution in [0.5, 0.6) is 0 Å². The topological polar surface area (TPSA) is 86.0 Å². The quantitative estimate of drug-likeness (QED) is 0.276. The minimum atomic E-state index is -0.147. The van der Waals surface area contributed by atoms with Gasteiger partial charge in [0.15, 0.2) is 5.84 Å². The number of nitriles is 2. The van der Waals surface area contributed by atoms with Crippen molar-refractivity contribution in [1.29, 1.82) is 10.5 Å². The van der Waals surface area contributed by atoms with Gasteiger partial charge in [-0.05, 0) is 0 Å². The molecule has 0 aromatic rings. The summed E-state index contributed by atoms with van der Waals surface area (Å²) in [5.74, 6) is -0.147. The molecular weight excluding hydrogens is 104 g/mol. The van der Waals surface area contributed by atoms with E-state index in [1.54, 1.807) is 12.1 Å². The van der Waals surface area contributed by atoms with E-state index in [1.165, 1.54) is 0 Å². The van der Waals surface area contributed by atoms with Crippen LogP contribution in [-0.2, 0) is 0 Å². The fourth-order valence-electron chi connectivity index (χ4n) is 0.156. The van der Waals surface area contributed by atoms with E-state index in [4.69, 9.17) is 16.3 Å². The molecule has 0 aliphatic heterocycles. The van der Waals surface area contributed by atoms with Gasteiger partial charge in [0.1, 0.15) is 12.6 Å². The highest BCUT2D eigenvalue weighted by atomic mass is 14.8. The van der Waals surface area contributed by atoms with Crippen LogP contribution in [0.4, 0.5) is 0 Å². The molecule has 0 amide bonds. The highest BCUT2D eigenvalue weighted by molar-refractivity contribution is 5.94. The Hall–Kier alpha value is -1.55. The van der Waals surface area contributed by atoms with Crippen molar-refractivity contribution in [1.82, 2.24) is 0 Å². The first-order valence-electron chi connectivity index (χ1n) is 1.88. The minimum Gasteiger partial charge on any atom is -0.375 e. The molecule has 0 heterocycles. The maximum Gasteiger partial charge on any atom is 0.199 e. The van der Waals surface area contributed by atoms with E-state index in [0.29, 0.717) is 0 Å². The van der Waals surface area contributed by atoms with E-state index >= 15 is 0 Å². The van der Waals surface area contributed by atoms with E-state index in [1.807, 2.05) is 0 Å². The lowest BCUT2D eigenvalue weighted by Crippen LogP contribution is -2.07. The van der Waals surface area contributed by atoms with Crippen LogP contribution in [0.3, 0.4) is 0 Å². The van der Waals surface area contributed by atoms with Gasteiger partial charge in [-0.1, -0.05) is 0 Å². The van der Waals surface area contributed by atoms with Crippen molar-refractivity contribution in [3.63, 3.8) is 0 Å². The van der Waals surface area contributed by atoms with Crippen LogP contribution < -0.4 is 5.73 Å². The molecule has 0 atom stereocenters. The molecule has 0 saturated carbocycles. The van der Waals surface area contributed by atoms with Crippen molar-refractivity contribution in [3.05, 3.63) is 0 Å². The smallest absolute Gasteiger partial charge is 0.199 e. The normalized spacial score (nSPS) is 9.50. The van der Waals surface area contributed by atoms with Gasteiger partial charge in [0.25, 0.3) is 0 Å². The van der Waals surface area contributed by atoms with Gasteiger partial charge in [0, 0.05) is 0 Å². The monoisotopic (exact) mass is 108 g/mol. The molecule has 0 aromatic heterocycles. The summed E-state index contributed by atoms with van der Waals surface area (Å²) >= 11 is 0. The third-order valence-corrected chi connectivity index (χ3v) is 0.435. The summed E-state index contributed by atoms with van der Waals surface area (Å²) in [6.45, 7) is -0.0423. The van der Waals surface area contributed by atoms with Crippen molar-refractivity contribution in [2.24, 2.45) is 10.7 Å². The van der Waals surface area contributed by atoms with E-state index in [9.17, 15) is 0 Å². The number of aliphatic imine (C=N–C) groups is 1. The Morgan fingerprint density at radius 1 is 1.62 bits per heavy atom. The van der Waals surface area contributed by atoms with E-state index < -0.39 is 0 Å². The molecule has 0 spiro atoms. The largest absolute Gasteiger partial charge is 0.375 e. The fourth-order valence-corrected chi connectivity index (χ4v) is 0.156. The Morgan fingerprint density at radius 3 is 2.62 bits per heavy atom. The predicted octanol–water partition coefficient (Wildman–Crippen LogP) is -0.609. The molecule has 4 nitrogen and oxygen atoms in total. The van der Waals surface area contributed by atoms with Gasteiger partial charge >= 0.3 is 0 Å². The van der Waals surface area contributed by atoms with Crippen LogP contribution in [0.1, 0.15) is 0 Å². The first-order valence-corrected chi connectivity index (χ1v) is 1.88. The first-order chi connectivity index (χ1) is 3.81. The van der Waals surface area contributed by atoms with Gasteiger partial charge in [-0.3, -0.25) is 0 Å². The highest BCUT2D eigenvalue weighted by Gasteiger charge is 1.80. The molecule has 0 aliphatic rings. The summed E-state index contributed by atoms with van der Waals surface area (Å²) < 4.78 is 0. The molecule has 0 rings (SSSR count). The van der Waals surface area contributed by atoms with Crippen LogP contribution in [0.25, 0.3) is 0 Å². The maximum atomic E-state index is 7.95.